The molecule has 0 fully saturated rings. The minimum Gasteiger partial charge on any atom is -0.454 e. The Kier molecular flexibility index (Phi) is 7.57. The van der Waals surface area contributed by atoms with E-state index in [0.29, 0.717) is 11.3 Å². The molecule has 11 heteroatoms. The lowest BCUT2D eigenvalue weighted by Gasteiger charge is -2.18. The number of aryl methyl sites for hydroxylation is 2. The predicted octanol–water partition coefficient (Wildman–Crippen LogP) is 1.90. The molecule has 0 aliphatic rings. The highest BCUT2D eigenvalue weighted by molar-refractivity contribution is 5.96. The summed E-state index contributed by atoms with van der Waals surface area (Å²) in [5.41, 5.74) is 2.81. The average Bonchev–Trinajstić information content (AvgIpc) is 3.15. The summed E-state index contributed by atoms with van der Waals surface area (Å²) in [4.78, 5) is 49.6. The maximum Gasteiger partial charge on any atom is 0.437 e. The van der Waals surface area contributed by atoms with Crippen LogP contribution >= 0.6 is 0 Å². The summed E-state index contributed by atoms with van der Waals surface area (Å²) in [6.45, 7) is 2.27. The largest absolute Gasteiger partial charge is 0.454 e. The van der Waals surface area contributed by atoms with Crippen molar-refractivity contribution in [3.63, 3.8) is 0 Å². The SMILES string of the molecule is Cc1cccc(C)c1NC(=O)CN(C)C(=O)COC(=O)Cn1nc(-c2ccc(F)cc2)oc1=O. The standard InChI is InChI=1S/C23H23FN4O6/c1-14-5-4-6-15(2)21(14)25-18(29)11-27(3)19(30)13-33-20(31)12-28-23(32)34-22(26-28)16-7-9-17(24)10-8-16/h4-10H,11-13H2,1-3H3,(H,25,29). The second kappa shape index (κ2) is 10.6. The molecule has 0 spiro atoms. The molecule has 1 N–H and O–H groups in total. The van der Waals surface area contributed by atoms with Crippen LogP contribution in [0, 0.1) is 19.7 Å². The van der Waals surface area contributed by atoms with Crippen LogP contribution in [0.25, 0.3) is 11.5 Å². The van der Waals surface area contributed by atoms with E-state index in [0.717, 1.165) is 20.7 Å². The van der Waals surface area contributed by atoms with E-state index in [9.17, 15) is 23.6 Å². The summed E-state index contributed by atoms with van der Waals surface area (Å²) < 4.78 is 23.6. The average molecular weight is 470 g/mol. The van der Waals surface area contributed by atoms with Crippen LogP contribution in [0.1, 0.15) is 11.1 Å². The zero-order valence-electron chi connectivity index (χ0n) is 18.8. The molecular formula is C23H23FN4O6. The van der Waals surface area contributed by atoms with Crippen LogP contribution in [0.15, 0.2) is 51.7 Å². The van der Waals surface area contributed by atoms with Crippen molar-refractivity contribution in [2.24, 2.45) is 0 Å². The van der Waals surface area contributed by atoms with E-state index in [2.05, 4.69) is 10.4 Å². The Morgan fingerprint density at radius 3 is 2.41 bits per heavy atom. The second-order valence-corrected chi connectivity index (χ2v) is 7.56. The molecule has 2 amide bonds. The third kappa shape index (κ3) is 6.15. The summed E-state index contributed by atoms with van der Waals surface area (Å²) in [7, 11) is 1.40. The lowest BCUT2D eigenvalue weighted by Crippen LogP contribution is -2.38. The minimum absolute atomic E-state index is 0.0940. The van der Waals surface area contributed by atoms with E-state index in [4.69, 9.17) is 9.15 Å². The fourth-order valence-electron chi connectivity index (χ4n) is 3.03. The van der Waals surface area contributed by atoms with Crippen molar-refractivity contribution in [2.75, 3.05) is 25.5 Å². The molecule has 2 aromatic carbocycles. The van der Waals surface area contributed by atoms with Crippen LogP contribution in [0.2, 0.25) is 0 Å². The predicted molar refractivity (Wildman–Crippen MR) is 119 cm³/mol. The van der Waals surface area contributed by atoms with Crippen molar-refractivity contribution >= 4 is 23.5 Å². The van der Waals surface area contributed by atoms with Gasteiger partial charge in [-0.05, 0) is 49.2 Å². The van der Waals surface area contributed by atoms with Crippen LogP contribution in [0.4, 0.5) is 10.1 Å². The van der Waals surface area contributed by atoms with E-state index < -0.39 is 42.5 Å². The highest BCUT2D eigenvalue weighted by Crippen LogP contribution is 2.19. The number of carbonyl (C=O) groups excluding carboxylic acids is 3. The van der Waals surface area contributed by atoms with Gasteiger partial charge in [-0.25, -0.2) is 9.18 Å². The molecule has 0 radical (unpaired) electrons. The van der Waals surface area contributed by atoms with Crippen molar-refractivity contribution in [3.8, 4) is 11.5 Å². The number of ether oxygens (including phenoxy) is 1. The highest BCUT2D eigenvalue weighted by Gasteiger charge is 2.18. The molecule has 0 saturated carbocycles. The number of hydrogen-bond donors (Lipinski definition) is 1. The smallest absolute Gasteiger partial charge is 0.437 e. The number of nitrogens with one attached hydrogen (secondary N) is 1. The number of rotatable bonds is 8. The zero-order valence-corrected chi connectivity index (χ0v) is 18.8. The number of nitrogens with zero attached hydrogens (tertiary/aromatic N) is 3. The van der Waals surface area contributed by atoms with Gasteiger partial charge in [-0.3, -0.25) is 14.4 Å². The van der Waals surface area contributed by atoms with E-state index in [1.165, 1.54) is 31.3 Å². The summed E-state index contributed by atoms with van der Waals surface area (Å²) in [5.74, 6) is -3.38. The fraction of sp³-hybridized carbons (Fsp3) is 0.261. The Morgan fingerprint density at radius 1 is 1.12 bits per heavy atom. The van der Waals surface area contributed by atoms with E-state index in [1.54, 1.807) is 0 Å². The Balaban J connectivity index is 1.50. The number of carbonyl (C=O) groups is 3. The van der Waals surface area contributed by atoms with Crippen molar-refractivity contribution in [2.45, 2.75) is 20.4 Å². The number of benzene rings is 2. The topological polar surface area (TPSA) is 124 Å². The summed E-state index contributed by atoms with van der Waals surface area (Å²) in [6.07, 6.45) is 0. The first-order chi connectivity index (χ1) is 16.1. The molecule has 0 atom stereocenters. The monoisotopic (exact) mass is 470 g/mol. The molecule has 34 heavy (non-hydrogen) atoms. The summed E-state index contributed by atoms with van der Waals surface area (Å²) in [5, 5.41) is 6.64. The number of hydrogen-bond acceptors (Lipinski definition) is 7. The Hall–Kier alpha value is -4.28. The van der Waals surface area contributed by atoms with Gasteiger partial charge in [0.05, 0.1) is 6.54 Å². The van der Waals surface area contributed by atoms with Gasteiger partial charge in [0.15, 0.2) is 6.61 Å². The molecule has 0 bridgehead atoms. The molecular weight excluding hydrogens is 447 g/mol. The van der Waals surface area contributed by atoms with Gasteiger partial charge in [-0.1, -0.05) is 18.2 Å². The first-order valence-corrected chi connectivity index (χ1v) is 10.2. The van der Waals surface area contributed by atoms with Crippen molar-refractivity contribution < 1.29 is 27.9 Å². The maximum absolute atomic E-state index is 13.0. The minimum atomic E-state index is -0.914. The number of halogens is 1. The van der Waals surface area contributed by atoms with E-state index in [-0.39, 0.29) is 12.4 Å². The van der Waals surface area contributed by atoms with Gasteiger partial charge in [0.1, 0.15) is 12.4 Å². The number of para-hydroxylation sites is 1. The van der Waals surface area contributed by atoms with Gasteiger partial charge < -0.3 is 19.4 Å². The summed E-state index contributed by atoms with van der Waals surface area (Å²) in [6, 6.07) is 10.7. The molecule has 0 aliphatic heterocycles. The van der Waals surface area contributed by atoms with Crippen molar-refractivity contribution in [1.82, 2.24) is 14.7 Å². The number of aromatic nitrogens is 2. The van der Waals surface area contributed by atoms with Crippen molar-refractivity contribution in [3.05, 3.63) is 70.0 Å². The lowest BCUT2D eigenvalue weighted by atomic mass is 10.1. The maximum atomic E-state index is 13.0. The summed E-state index contributed by atoms with van der Waals surface area (Å²) >= 11 is 0. The second-order valence-electron chi connectivity index (χ2n) is 7.56. The zero-order chi connectivity index (χ0) is 24.8. The third-order valence-corrected chi connectivity index (χ3v) is 4.89. The number of amides is 2. The number of anilines is 1. The van der Waals surface area contributed by atoms with E-state index >= 15 is 0 Å². The quantitative estimate of drug-likeness (QED) is 0.499. The molecule has 3 rings (SSSR count). The number of likely N-dealkylation sites (N-methyl/N-ethyl adjacent to an activating group) is 1. The third-order valence-electron chi connectivity index (χ3n) is 4.89. The van der Waals surface area contributed by atoms with Gasteiger partial charge in [0.25, 0.3) is 5.91 Å². The van der Waals surface area contributed by atoms with Gasteiger partial charge in [0, 0.05) is 18.3 Å². The molecule has 0 unspecified atom stereocenters. The lowest BCUT2D eigenvalue weighted by molar-refractivity contribution is -0.152. The van der Waals surface area contributed by atoms with Crippen LogP contribution in [0.3, 0.4) is 0 Å². The Morgan fingerprint density at radius 2 is 1.76 bits per heavy atom. The molecule has 0 saturated heterocycles. The fourth-order valence-corrected chi connectivity index (χ4v) is 3.03. The van der Waals surface area contributed by atoms with Crippen LogP contribution in [-0.4, -0.2) is 52.7 Å². The molecule has 1 heterocycles. The van der Waals surface area contributed by atoms with Crippen LogP contribution in [-0.2, 0) is 25.7 Å². The molecule has 178 valence electrons. The first kappa shape index (κ1) is 24.4. The molecule has 3 aromatic rings. The normalized spacial score (nSPS) is 10.6. The van der Waals surface area contributed by atoms with Crippen LogP contribution in [0.5, 0.6) is 0 Å². The first-order valence-electron chi connectivity index (χ1n) is 10.2. The van der Waals surface area contributed by atoms with Gasteiger partial charge in [0.2, 0.25) is 11.8 Å². The van der Waals surface area contributed by atoms with Gasteiger partial charge >= 0.3 is 11.7 Å². The van der Waals surface area contributed by atoms with Gasteiger partial charge in [-0.15, -0.1) is 5.10 Å². The van der Waals surface area contributed by atoms with Crippen molar-refractivity contribution in [1.29, 1.82) is 0 Å². The molecule has 10 nitrogen and oxygen atoms in total. The molecule has 1 aromatic heterocycles. The Labute approximate surface area is 193 Å². The number of esters is 1. The molecule has 0 aliphatic carbocycles. The van der Waals surface area contributed by atoms with E-state index in [1.807, 2.05) is 32.0 Å². The Bertz CT molecular complexity index is 1240. The highest BCUT2D eigenvalue weighted by atomic mass is 19.1. The van der Waals surface area contributed by atoms with Crippen LogP contribution < -0.4 is 11.1 Å². The van der Waals surface area contributed by atoms with Gasteiger partial charge in [-0.2, -0.15) is 4.68 Å².